The first kappa shape index (κ1) is 11.2. The van der Waals surface area contributed by atoms with E-state index in [0.717, 1.165) is 5.70 Å². The van der Waals surface area contributed by atoms with Gasteiger partial charge in [0.15, 0.2) is 0 Å². The van der Waals surface area contributed by atoms with Gasteiger partial charge in [0, 0.05) is 25.0 Å². The van der Waals surface area contributed by atoms with Crippen LogP contribution >= 0.6 is 0 Å². The van der Waals surface area contributed by atoms with Crippen LogP contribution in [0.3, 0.4) is 0 Å². The highest BCUT2D eigenvalue weighted by molar-refractivity contribution is 5.55. The van der Waals surface area contributed by atoms with Gasteiger partial charge in [0.2, 0.25) is 0 Å². The lowest BCUT2D eigenvalue weighted by Crippen LogP contribution is -2.33. The summed E-state index contributed by atoms with van der Waals surface area (Å²) in [5.74, 6) is 0. The summed E-state index contributed by atoms with van der Waals surface area (Å²) in [6.07, 6.45) is 3.86. The highest BCUT2D eigenvalue weighted by atomic mass is 15.1. The summed E-state index contributed by atoms with van der Waals surface area (Å²) < 4.78 is 0. The van der Waals surface area contributed by atoms with Gasteiger partial charge in [0.25, 0.3) is 0 Å². The molecule has 0 aliphatic carbocycles. The van der Waals surface area contributed by atoms with Crippen molar-refractivity contribution in [2.45, 2.75) is 40.2 Å². The Balaban J connectivity index is 4.33. The molecule has 0 amide bonds. The fourth-order valence-electron chi connectivity index (χ4n) is 0.711. The van der Waals surface area contributed by atoms with Gasteiger partial charge in [-0.3, -0.25) is 4.99 Å². The first-order valence-corrected chi connectivity index (χ1v) is 4.28. The van der Waals surface area contributed by atoms with E-state index in [4.69, 9.17) is 0 Å². The zero-order chi connectivity index (χ0) is 9.78. The fraction of sp³-hybridized carbons (Fsp3) is 0.700. The van der Waals surface area contributed by atoms with E-state index in [2.05, 4.69) is 43.9 Å². The van der Waals surface area contributed by atoms with Crippen molar-refractivity contribution in [3.05, 3.63) is 11.9 Å². The first-order chi connectivity index (χ1) is 5.38. The first-order valence-electron chi connectivity index (χ1n) is 4.28. The standard InChI is InChI=1S/C10H20N2/c1-7-11-9(2)8-12(6)10(3,4)5/h7-8H,1-6H3/b9-8-,11-7-. The van der Waals surface area contributed by atoms with Crippen LogP contribution in [0, 0.1) is 0 Å². The van der Waals surface area contributed by atoms with Crippen LogP contribution in [0.25, 0.3) is 0 Å². The molecule has 0 spiro atoms. The Morgan fingerprint density at radius 2 is 1.83 bits per heavy atom. The van der Waals surface area contributed by atoms with Gasteiger partial charge in [-0.2, -0.15) is 0 Å². The van der Waals surface area contributed by atoms with Crippen LogP contribution in [0.1, 0.15) is 34.6 Å². The second kappa shape index (κ2) is 4.29. The summed E-state index contributed by atoms with van der Waals surface area (Å²) in [7, 11) is 2.06. The third kappa shape index (κ3) is 4.16. The molecule has 0 aliphatic heterocycles. The van der Waals surface area contributed by atoms with Gasteiger partial charge in [-0.05, 0) is 34.6 Å². The van der Waals surface area contributed by atoms with Crippen LogP contribution in [0.4, 0.5) is 0 Å². The predicted molar refractivity (Wildman–Crippen MR) is 55.4 cm³/mol. The molecule has 2 heteroatoms. The summed E-state index contributed by atoms with van der Waals surface area (Å²) in [5, 5.41) is 0. The Kier molecular flexibility index (Phi) is 4.01. The normalized spacial score (nSPS) is 14.0. The van der Waals surface area contributed by atoms with Crippen molar-refractivity contribution in [3.8, 4) is 0 Å². The average molecular weight is 168 g/mol. The molecule has 0 saturated heterocycles. The SMILES string of the molecule is C/C=N\C(C)=C/N(C)C(C)(C)C. The molecular weight excluding hydrogens is 148 g/mol. The Bertz CT molecular complexity index is 185. The van der Waals surface area contributed by atoms with Crippen molar-refractivity contribution >= 4 is 6.21 Å². The third-order valence-electron chi connectivity index (χ3n) is 1.77. The maximum atomic E-state index is 4.17. The molecular formula is C10H20N2. The van der Waals surface area contributed by atoms with E-state index >= 15 is 0 Å². The van der Waals surface area contributed by atoms with Crippen LogP contribution < -0.4 is 0 Å². The van der Waals surface area contributed by atoms with Crippen LogP contribution in [-0.2, 0) is 0 Å². The molecule has 70 valence electrons. The monoisotopic (exact) mass is 168 g/mol. The zero-order valence-corrected chi connectivity index (χ0v) is 9.05. The van der Waals surface area contributed by atoms with E-state index < -0.39 is 0 Å². The molecule has 0 fully saturated rings. The molecule has 0 atom stereocenters. The summed E-state index contributed by atoms with van der Waals surface area (Å²) >= 11 is 0. The minimum Gasteiger partial charge on any atom is -0.374 e. The molecule has 0 aromatic carbocycles. The van der Waals surface area contributed by atoms with Crippen molar-refractivity contribution in [2.24, 2.45) is 4.99 Å². The van der Waals surface area contributed by atoms with E-state index in [1.54, 1.807) is 0 Å². The van der Waals surface area contributed by atoms with E-state index in [0.29, 0.717) is 0 Å². The molecule has 12 heavy (non-hydrogen) atoms. The second-order valence-corrected chi connectivity index (χ2v) is 3.94. The molecule has 0 heterocycles. The molecule has 0 rings (SSSR count). The van der Waals surface area contributed by atoms with E-state index in [9.17, 15) is 0 Å². The third-order valence-corrected chi connectivity index (χ3v) is 1.77. The Morgan fingerprint density at radius 1 is 1.33 bits per heavy atom. The Hall–Kier alpha value is -0.790. The fourth-order valence-corrected chi connectivity index (χ4v) is 0.711. The summed E-state index contributed by atoms with van der Waals surface area (Å²) in [6, 6.07) is 0. The second-order valence-electron chi connectivity index (χ2n) is 3.94. The van der Waals surface area contributed by atoms with Gasteiger partial charge >= 0.3 is 0 Å². The number of allylic oxidation sites excluding steroid dienone is 1. The summed E-state index contributed by atoms with van der Waals surface area (Å²) in [4.78, 5) is 6.33. The van der Waals surface area contributed by atoms with E-state index in [1.807, 2.05) is 20.1 Å². The predicted octanol–water partition coefficient (Wildman–Crippen LogP) is 2.67. The number of nitrogens with zero attached hydrogens (tertiary/aromatic N) is 2. The van der Waals surface area contributed by atoms with Gasteiger partial charge in [0.05, 0.1) is 5.70 Å². The molecule has 0 N–H and O–H groups in total. The summed E-state index contributed by atoms with van der Waals surface area (Å²) in [6.45, 7) is 10.4. The minimum atomic E-state index is 0.171. The lowest BCUT2D eigenvalue weighted by atomic mass is 10.1. The molecule has 2 nitrogen and oxygen atoms in total. The molecule has 0 aliphatic rings. The van der Waals surface area contributed by atoms with Crippen LogP contribution in [0.2, 0.25) is 0 Å². The van der Waals surface area contributed by atoms with Crippen molar-refractivity contribution in [1.82, 2.24) is 4.90 Å². The maximum absolute atomic E-state index is 4.17. The number of rotatable bonds is 2. The van der Waals surface area contributed by atoms with Crippen LogP contribution in [0.15, 0.2) is 16.9 Å². The van der Waals surface area contributed by atoms with Gasteiger partial charge in [-0.15, -0.1) is 0 Å². The minimum absolute atomic E-state index is 0.171. The molecule has 0 saturated carbocycles. The van der Waals surface area contributed by atoms with Crippen molar-refractivity contribution in [2.75, 3.05) is 7.05 Å². The van der Waals surface area contributed by atoms with Gasteiger partial charge in [0.1, 0.15) is 0 Å². The van der Waals surface area contributed by atoms with Gasteiger partial charge in [-0.1, -0.05) is 0 Å². The number of hydrogen-bond donors (Lipinski definition) is 0. The zero-order valence-electron chi connectivity index (χ0n) is 9.05. The quantitative estimate of drug-likeness (QED) is 0.579. The highest BCUT2D eigenvalue weighted by Gasteiger charge is 2.13. The highest BCUT2D eigenvalue weighted by Crippen LogP contribution is 2.12. The number of hydrogen-bond acceptors (Lipinski definition) is 2. The van der Waals surface area contributed by atoms with Crippen LogP contribution in [0.5, 0.6) is 0 Å². The number of aliphatic imine (C=N–C) groups is 1. The van der Waals surface area contributed by atoms with E-state index in [-0.39, 0.29) is 5.54 Å². The molecule has 0 aromatic rings. The topological polar surface area (TPSA) is 15.6 Å². The van der Waals surface area contributed by atoms with Crippen molar-refractivity contribution in [3.63, 3.8) is 0 Å². The Labute approximate surface area is 76.0 Å². The molecule has 0 bridgehead atoms. The Morgan fingerprint density at radius 3 is 2.17 bits per heavy atom. The molecule has 0 aromatic heterocycles. The average Bonchev–Trinajstić information content (AvgIpc) is 1.85. The van der Waals surface area contributed by atoms with Crippen molar-refractivity contribution in [1.29, 1.82) is 0 Å². The lowest BCUT2D eigenvalue weighted by Gasteiger charge is -2.30. The molecule has 0 radical (unpaired) electrons. The van der Waals surface area contributed by atoms with Gasteiger partial charge in [-0.25, -0.2) is 0 Å². The van der Waals surface area contributed by atoms with Crippen LogP contribution in [-0.4, -0.2) is 23.7 Å². The largest absolute Gasteiger partial charge is 0.374 e. The van der Waals surface area contributed by atoms with Gasteiger partial charge < -0.3 is 4.90 Å². The van der Waals surface area contributed by atoms with Crippen molar-refractivity contribution < 1.29 is 0 Å². The molecule has 0 unspecified atom stereocenters. The smallest absolute Gasteiger partial charge is 0.0527 e. The lowest BCUT2D eigenvalue weighted by molar-refractivity contribution is 0.248. The maximum Gasteiger partial charge on any atom is 0.0527 e. The van der Waals surface area contributed by atoms with E-state index in [1.165, 1.54) is 0 Å². The summed E-state index contributed by atoms with van der Waals surface area (Å²) in [5.41, 5.74) is 1.21.